The van der Waals surface area contributed by atoms with Gasteiger partial charge in [0.15, 0.2) is 0 Å². The summed E-state index contributed by atoms with van der Waals surface area (Å²) in [5.41, 5.74) is 0.997. The Morgan fingerprint density at radius 2 is 1.33 bits per heavy atom. The highest BCUT2D eigenvalue weighted by atomic mass is 32.2. The van der Waals surface area contributed by atoms with Gasteiger partial charge >= 0.3 is 5.97 Å². The second kappa shape index (κ2) is 9.48. The van der Waals surface area contributed by atoms with Crippen LogP contribution >= 0.6 is 0 Å². The third kappa shape index (κ3) is 6.55. The molecule has 8 nitrogen and oxygen atoms in total. The lowest BCUT2D eigenvalue weighted by Gasteiger charge is -2.07. The summed E-state index contributed by atoms with van der Waals surface area (Å²) >= 11 is 0. The quantitative estimate of drug-likeness (QED) is 0.631. The highest BCUT2D eigenvalue weighted by Crippen LogP contribution is 2.15. The number of aromatic carboxylic acids is 1. The molecular weight excluding hydrogens is 372 g/mol. The van der Waals surface area contributed by atoms with Gasteiger partial charge in [-0.1, -0.05) is 0 Å². The molecule has 0 saturated heterocycles. The topological polar surface area (TPSA) is 122 Å². The lowest BCUT2D eigenvalue weighted by Crippen LogP contribution is -2.26. The van der Waals surface area contributed by atoms with Gasteiger partial charge in [-0.25, -0.2) is 4.79 Å². The van der Waals surface area contributed by atoms with Gasteiger partial charge in [-0.2, -0.15) is 0 Å². The Kier molecular flexibility index (Phi) is 7.07. The Hall–Kier alpha value is -3.20. The molecule has 0 aromatic heterocycles. The number of carbonyl (C=O) groups is 3. The fourth-order valence-corrected chi connectivity index (χ4v) is 2.94. The van der Waals surface area contributed by atoms with Gasteiger partial charge in [0, 0.05) is 22.2 Å². The van der Waals surface area contributed by atoms with Crippen molar-refractivity contribution in [3.8, 4) is 5.75 Å². The standard InChI is InChI=1S/C18H18N2O6S/c1-26-15-8-6-14(7-9-15)20-17(22)11-27(25)10-16(21)19-13-4-2-12(3-5-13)18(23)24/h2-9H,10-11H2,1H3,(H,19,21)(H,20,22)(H,23,24). The normalized spacial score (nSPS) is 11.3. The van der Waals surface area contributed by atoms with E-state index in [0.29, 0.717) is 17.1 Å². The molecule has 2 aromatic carbocycles. The number of anilines is 2. The molecule has 2 amide bonds. The maximum atomic E-state index is 12.0. The van der Waals surface area contributed by atoms with Gasteiger partial charge in [0.1, 0.15) is 17.3 Å². The number of carbonyl (C=O) groups excluding carboxylic acids is 2. The largest absolute Gasteiger partial charge is 0.497 e. The minimum Gasteiger partial charge on any atom is -0.497 e. The van der Waals surface area contributed by atoms with Crippen LogP contribution in [0.4, 0.5) is 11.4 Å². The molecule has 0 aliphatic heterocycles. The van der Waals surface area contributed by atoms with E-state index in [0.717, 1.165) is 0 Å². The number of carboxylic acids is 1. The fourth-order valence-electron chi connectivity index (χ4n) is 2.11. The second-order valence-electron chi connectivity index (χ2n) is 5.44. The van der Waals surface area contributed by atoms with Gasteiger partial charge in [-0.3, -0.25) is 13.8 Å². The minimum atomic E-state index is -1.69. The van der Waals surface area contributed by atoms with Crippen molar-refractivity contribution in [3.63, 3.8) is 0 Å². The van der Waals surface area contributed by atoms with Crippen molar-refractivity contribution in [3.05, 3.63) is 54.1 Å². The van der Waals surface area contributed by atoms with Gasteiger partial charge in [0.2, 0.25) is 11.8 Å². The summed E-state index contributed by atoms with van der Waals surface area (Å²) < 4.78 is 17.0. The third-order valence-corrected chi connectivity index (χ3v) is 4.54. The van der Waals surface area contributed by atoms with E-state index < -0.39 is 28.6 Å². The SMILES string of the molecule is COc1ccc(NC(=O)CS(=O)CC(=O)Nc2ccc(C(=O)O)cc2)cc1. The van der Waals surface area contributed by atoms with Crippen molar-refractivity contribution in [1.29, 1.82) is 0 Å². The first-order valence-electron chi connectivity index (χ1n) is 7.79. The highest BCUT2D eigenvalue weighted by molar-refractivity contribution is 7.86. The molecule has 2 aromatic rings. The average Bonchev–Trinajstić information content (AvgIpc) is 2.62. The molecule has 1 atom stereocenters. The van der Waals surface area contributed by atoms with Crippen molar-refractivity contribution in [1.82, 2.24) is 0 Å². The molecule has 0 saturated carbocycles. The molecule has 27 heavy (non-hydrogen) atoms. The minimum absolute atomic E-state index is 0.0896. The fraction of sp³-hybridized carbons (Fsp3) is 0.167. The Balaban J connectivity index is 1.80. The molecule has 3 N–H and O–H groups in total. The third-order valence-electron chi connectivity index (χ3n) is 3.37. The van der Waals surface area contributed by atoms with Crippen molar-refractivity contribution >= 4 is 40.0 Å². The van der Waals surface area contributed by atoms with E-state index in [-0.39, 0.29) is 17.1 Å². The number of rotatable bonds is 8. The number of methoxy groups -OCH3 is 1. The summed E-state index contributed by atoms with van der Waals surface area (Å²) in [4.78, 5) is 34.6. The van der Waals surface area contributed by atoms with E-state index in [1.807, 2.05) is 0 Å². The van der Waals surface area contributed by atoms with Crippen molar-refractivity contribution in [2.75, 3.05) is 29.2 Å². The van der Waals surface area contributed by atoms with Gasteiger partial charge in [0.25, 0.3) is 0 Å². The number of nitrogens with one attached hydrogen (secondary N) is 2. The van der Waals surface area contributed by atoms with Crippen LogP contribution in [0.3, 0.4) is 0 Å². The number of amides is 2. The van der Waals surface area contributed by atoms with Crippen molar-refractivity contribution in [2.24, 2.45) is 0 Å². The van der Waals surface area contributed by atoms with E-state index in [4.69, 9.17) is 9.84 Å². The molecule has 0 fully saturated rings. The van der Waals surface area contributed by atoms with Crippen molar-refractivity contribution in [2.45, 2.75) is 0 Å². The van der Waals surface area contributed by atoms with Crippen LogP contribution < -0.4 is 15.4 Å². The van der Waals surface area contributed by atoms with Gasteiger partial charge < -0.3 is 20.5 Å². The molecule has 0 bridgehead atoms. The van der Waals surface area contributed by atoms with Gasteiger partial charge in [-0.05, 0) is 48.5 Å². The molecule has 0 spiro atoms. The predicted octanol–water partition coefficient (Wildman–Crippen LogP) is 1.72. The first kappa shape index (κ1) is 20.1. The summed E-state index contributed by atoms with van der Waals surface area (Å²) in [5, 5.41) is 13.9. The summed E-state index contributed by atoms with van der Waals surface area (Å²) in [5.74, 6) is -2.11. The lowest BCUT2D eigenvalue weighted by atomic mass is 10.2. The number of hydrogen-bond donors (Lipinski definition) is 3. The van der Waals surface area contributed by atoms with Crippen LogP contribution in [0, 0.1) is 0 Å². The Morgan fingerprint density at radius 3 is 1.74 bits per heavy atom. The molecule has 0 aliphatic rings. The smallest absolute Gasteiger partial charge is 0.335 e. The molecule has 1 unspecified atom stereocenters. The Morgan fingerprint density at radius 1 is 0.889 bits per heavy atom. The molecule has 0 heterocycles. The number of carboxylic acid groups (broad SMARTS) is 1. The Bertz CT molecular complexity index is 849. The molecule has 9 heteroatoms. The summed E-state index contributed by atoms with van der Waals surface area (Å²) in [7, 11) is -0.158. The van der Waals surface area contributed by atoms with Crippen molar-refractivity contribution < 1.29 is 28.4 Å². The van der Waals surface area contributed by atoms with Crippen LogP contribution in [-0.4, -0.2) is 45.7 Å². The molecule has 0 aliphatic carbocycles. The van der Waals surface area contributed by atoms with Crippen LogP contribution in [0.25, 0.3) is 0 Å². The number of benzene rings is 2. The predicted molar refractivity (Wildman–Crippen MR) is 102 cm³/mol. The van der Waals surface area contributed by atoms with Crippen LogP contribution in [0.2, 0.25) is 0 Å². The van der Waals surface area contributed by atoms with E-state index in [1.54, 1.807) is 24.3 Å². The first-order valence-corrected chi connectivity index (χ1v) is 9.28. The maximum absolute atomic E-state index is 12.0. The second-order valence-corrected chi connectivity index (χ2v) is 6.89. The molecular formula is C18H18N2O6S. The van der Waals surface area contributed by atoms with Crippen LogP contribution in [0.15, 0.2) is 48.5 Å². The summed E-state index contributed by atoms with van der Waals surface area (Å²) in [6.45, 7) is 0. The van der Waals surface area contributed by atoms with E-state index in [2.05, 4.69) is 10.6 Å². The van der Waals surface area contributed by atoms with Gasteiger partial charge in [-0.15, -0.1) is 0 Å². The summed E-state index contributed by atoms with van der Waals surface area (Å²) in [6.07, 6.45) is 0. The monoisotopic (exact) mass is 390 g/mol. The summed E-state index contributed by atoms with van der Waals surface area (Å²) in [6, 6.07) is 12.2. The number of hydrogen-bond acceptors (Lipinski definition) is 5. The average molecular weight is 390 g/mol. The lowest BCUT2D eigenvalue weighted by molar-refractivity contribution is -0.114. The Labute approximate surface area is 158 Å². The van der Waals surface area contributed by atoms with E-state index >= 15 is 0 Å². The van der Waals surface area contributed by atoms with Crippen LogP contribution in [0.5, 0.6) is 5.75 Å². The molecule has 142 valence electrons. The van der Waals surface area contributed by atoms with E-state index in [1.165, 1.54) is 31.4 Å². The van der Waals surface area contributed by atoms with Crippen LogP contribution in [-0.2, 0) is 20.4 Å². The first-order chi connectivity index (χ1) is 12.9. The molecule has 0 radical (unpaired) electrons. The maximum Gasteiger partial charge on any atom is 0.335 e. The zero-order valence-corrected chi connectivity index (χ0v) is 15.2. The highest BCUT2D eigenvalue weighted by Gasteiger charge is 2.13. The van der Waals surface area contributed by atoms with E-state index in [9.17, 15) is 18.6 Å². The zero-order valence-electron chi connectivity index (χ0n) is 14.4. The van der Waals surface area contributed by atoms with Crippen LogP contribution in [0.1, 0.15) is 10.4 Å². The molecule has 2 rings (SSSR count). The zero-order chi connectivity index (χ0) is 19.8. The number of ether oxygens (including phenoxy) is 1. The van der Waals surface area contributed by atoms with Gasteiger partial charge in [0.05, 0.1) is 12.7 Å².